The van der Waals surface area contributed by atoms with Crippen LogP contribution in [0.2, 0.25) is 0 Å². The molecule has 18 heavy (non-hydrogen) atoms. The zero-order chi connectivity index (χ0) is 14.0. The molecule has 8 heteroatoms. The predicted molar refractivity (Wildman–Crippen MR) is 64.6 cm³/mol. The van der Waals surface area contributed by atoms with Gasteiger partial charge in [0, 0.05) is 4.47 Å². The van der Waals surface area contributed by atoms with Crippen LogP contribution < -0.4 is 4.72 Å². The maximum absolute atomic E-state index is 12.5. The molecule has 1 aromatic carbocycles. The lowest BCUT2D eigenvalue weighted by Gasteiger charge is -2.19. The van der Waals surface area contributed by atoms with Crippen LogP contribution in [0, 0.1) is 0 Å². The molecule has 0 unspecified atom stereocenters. The minimum Gasteiger partial charge on any atom is -0.207 e. The van der Waals surface area contributed by atoms with Gasteiger partial charge in [0.2, 0.25) is 10.0 Å². The highest BCUT2D eigenvalue weighted by Crippen LogP contribution is 2.24. The van der Waals surface area contributed by atoms with Crippen molar-refractivity contribution in [2.75, 3.05) is 0 Å². The number of benzene rings is 1. The van der Waals surface area contributed by atoms with Crippen LogP contribution >= 0.6 is 15.9 Å². The van der Waals surface area contributed by atoms with Gasteiger partial charge in [-0.1, -0.05) is 22.9 Å². The van der Waals surface area contributed by atoms with Crippen LogP contribution in [-0.2, 0) is 10.0 Å². The molecule has 102 valence electrons. The molecule has 0 saturated carbocycles. The summed E-state index contributed by atoms with van der Waals surface area (Å²) in [4.78, 5) is -0.201. The lowest BCUT2D eigenvalue weighted by Crippen LogP contribution is -2.44. The molecule has 0 bridgehead atoms. The Morgan fingerprint density at radius 2 is 1.78 bits per heavy atom. The van der Waals surface area contributed by atoms with Crippen LogP contribution in [-0.4, -0.2) is 20.6 Å². The fourth-order valence-electron chi connectivity index (χ4n) is 1.25. The van der Waals surface area contributed by atoms with Crippen molar-refractivity contribution in [3.05, 3.63) is 28.7 Å². The molecule has 0 aliphatic carbocycles. The first-order valence-corrected chi connectivity index (χ1v) is 7.29. The largest absolute Gasteiger partial charge is 0.404 e. The van der Waals surface area contributed by atoms with Crippen LogP contribution in [0.4, 0.5) is 13.2 Å². The summed E-state index contributed by atoms with van der Waals surface area (Å²) in [6.45, 7) is 1.27. The van der Waals surface area contributed by atoms with Crippen molar-refractivity contribution in [3.63, 3.8) is 0 Å². The minimum absolute atomic E-state index is 0.201. The summed E-state index contributed by atoms with van der Waals surface area (Å²) in [6, 6.07) is 3.28. The van der Waals surface area contributed by atoms with Crippen LogP contribution in [0.5, 0.6) is 0 Å². The first-order valence-electron chi connectivity index (χ1n) is 5.01. The van der Waals surface area contributed by atoms with Gasteiger partial charge in [-0.25, -0.2) is 8.42 Å². The zero-order valence-electron chi connectivity index (χ0n) is 9.33. The molecule has 0 fully saturated rings. The normalized spacial score (nSPS) is 14.5. The van der Waals surface area contributed by atoms with Crippen molar-refractivity contribution in [3.8, 4) is 0 Å². The summed E-state index contributed by atoms with van der Waals surface area (Å²) in [7, 11) is -4.16. The molecule has 0 aromatic heterocycles. The maximum atomic E-state index is 12.5. The Labute approximate surface area is 112 Å². The van der Waals surface area contributed by atoms with E-state index in [0.717, 1.165) is 0 Å². The molecule has 0 saturated heterocycles. The van der Waals surface area contributed by atoms with Crippen molar-refractivity contribution in [1.29, 1.82) is 0 Å². The third-order valence-electron chi connectivity index (χ3n) is 2.22. The van der Waals surface area contributed by atoms with E-state index in [2.05, 4.69) is 15.9 Å². The lowest BCUT2D eigenvalue weighted by atomic mass is 10.2. The Balaban J connectivity index is 2.98. The number of halogens is 4. The summed E-state index contributed by atoms with van der Waals surface area (Å²) < 4.78 is 63.2. The van der Waals surface area contributed by atoms with Crippen molar-refractivity contribution in [2.24, 2.45) is 0 Å². The molecule has 3 nitrogen and oxygen atoms in total. The van der Waals surface area contributed by atoms with E-state index >= 15 is 0 Å². The standard InChI is InChI=1S/C10H11BrF3NO2S/c1-2-9(10(12,13)14)15-18(16,17)8-5-3-7(11)4-6-8/h3-6,9,15H,2H2,1H3/t9-/m0/s1. The molecule has 1 N–H and O–H groups in total. The predicted octanol–water partition coefficient (Wildman–Crippen LogP) is 3.07. The van der Waals surface area contributed by atoms with E-state index in [1.54, 1.807) is 4.72 Å². The molecular formula is C10H11BrF3NO2S. The fraction of sp³-hybridized carbons (Fsp3) is 0.400. The van der Waals surface area contributed by atoms with Gasteiger partial charge in [-0.3, -0.25) is 0 Å². The number of sulfonamides is 1. The number of rotatable bonds is 4. The van der Waals surface area contributed by atoms with E-state index in [1.165, 1.54) is 31.2 Å². The summed E-state index contributed by atoms with van der Waals surface area (Å²) in [5.41, 5.74) is 0. The van der Waals surface area contributed by atoms with E-state index in [4.69, 9.17) is 0 Å². The zero-order valence-corrected chi connectivity index (χ0v) is 11.7. The van der Waals surface area contributed by atoms with Crippen molar-refractivity contribution >= 4 is 26.0 Å². The Bertz CT molecular complexity index is 499. The van der Waals surface area contributed by atoms with Crippen molar-refractivity contribution in [1.82, 2.24) is 4.72 Å². The fourth-order valence-corrected chi connectivity index (χ4v) is 2.82. The number of nitrogens with one attached hydrogen (secondary N) is 1. The van der Waals surface area contributed by atoms with E-state index in [0.29, 0.717) is 4.47 Å². The van der Waals surface area contributed by atoms with Gasteiger partial charge in [-0.15, -0.1) is 0 Å². The topological polar surface area (TPSA) is 46.2 Å². The maximum Gasteiger partial charge on any atom is 0.404 e. The monoisotopic (exact) mass is 345 g/mol. The Morgan fingerprint density at radius 1 is 1.28 bits per heavy atom. The van der Waals surface area contributed by atoms with Crippen LogP contribution in [0.1, 0.15) is 13.3 Å². The number of hydrogen-bond donors (Lipinski definition) is 1. The van der Waals surface area contributed by atoms with E-state index in [-0.39, 0.29) is 11.3 Å². The van der Waals surface area contributed by atoms with Crippen molar-refractivity contribution < 1.29 is 21.6 Å². The third-order valence-corrected chi connectivity index (χ3v) is 4.24. The van der Waals surface area contributed by atoms with E-state index in [9.17, 15) is 21.6 Å². The van der Waals surface area contributed by atoms with E-state index in [1.807, 2.05) is 0 Å². The Morgan fingerprint density at radius 3 is 2.17 bits per heavy atom. The quantitative estimate of drug-likeness (QED) is 0.911. The van der Waals surface area contributed by atoms with Gasteiger partial charge in [0.1, 0.15) is 6.04 Å². The molecular weight excluding hydrogens is 335 g/mol. The SMILES string of the molecule is CC[C@H](NS(=O)(=O)c1ccc(Br)cc1)C(F)(F)F. The second-order valence-electron chi connectivity index (χ2n) is 3.58. The lowest BCUT2D eigenvalue weighted by molar-refractivity contribution is -0.151. The first-order chi connectivity index (χ1) is 8.16. The average molecular weight is 346 g/mol. The first kappa shape index (κ1) is 15.5. The average Bonchev–Trinajstić information content (AvgIpc) is 2.25. The molecule has 1 rings (SSSR count). The Kier molecular flexibility index (Phi) is 4.79. The van der Waals surface area contributed by atoms with Gasteiger partial charge >= 0.3 is 6.18 Å². The molecule has 0 amide bonds. The molecule has 1 aromatic rings. The van der Waals surface area contributed by atoms with Crippen molar-refractivity contribution in [2.45, 2.75) is 30.5 Å². The van der Waals surface area contributed by atoms with Crippen LogP contribution in [0.25, 0.3) is 0 Å². The molecule has 0 heterocycles. The molecule has 0 radical (unpaired) electrons. The summed E-state index contributed by atoms with van der Waals surface area (Å²) in [5, 5.41) is 0. The smallest absolute Gasteiger partial charge is 0.207 e. The van der Waals surface area contributed by atoms with E-state index < -0.39 is 22.2 Å². The molecule has 0 spiro atoms. The van der Waals surface area contributed by atoms with Gasteiger partial charge in [0.25, 0.3) is 0 Å². The van der Waals surface area contributed by atoms with Gasteiger partial charge in [-0.05, 0) is 30.7 Å². The second kappa shape index (κ2) is 5.58. The summed E-state index contributed by atoms with van der Waals surface area (Å²) >= 11 is 3.11. The molecule has 0 aliphatic rings. The highest BCUT2D eigenvalue weighted by atomic mass is 79.9. The van der Waals surface area contributed by atoms with Gasteiger partial charge in [-0.2, -0.15) is 17.9 Å². The summed E-state index contributed by atoms with van der Waals surface area (Å²) in [6.07, 6.45) is -4.96. The highest BCUT2D eigenvalue weighted by molar-refractivity contribution is 9.10. The van der Waals surface area contributed by atoms with Crippen LogP contribution in [0.3, 0.4) is 0 Å². The highest BCUT2D eigenvalue weighted by Gasteiger charge is 2.40. The second-order valence-corrected chi connectivity index (χ2v) is 6.21. The number of hydrogen-bond acceptors (Lipinski definition) is 2. The molecule has 0 aliphatic heterocycles. The third kappa shape index (κ3) is 3.96. The minimum atomic E-state index is -4.60. The van der Waals surface area contributed by atoms with Gasteiger partial charge < -0.3 is 0 Å². The van der Waals surface area contributed by atoms with Gasteiger partial charge in [0.05, 0.1) is 4.90 Å². The Hall–Kier alpha value is -0.600. The summed E-state index contributed by atoms with van der Waals surface area (Å²) in [5.74, 6) is 0. The van der Waals surface area contributed by atoms with Crippen LogP contribution in [0.15, 0.2) is 33.6 Å². The number of alkyl halides is 3. The molecule has 1 atom stereocenters. The van der Waals surface area contributed by atoms with Gasteiger partial charge in [0.15, 0.2) is 0 Å².